The average molecular weight is 225 g/mol. The quantitative estimate of drug-likeness (QED) is 0.566. The van der Waals surface area contributed by atoms with Crippen LogP contribution in [0.5, 0.6) is 0 Å². The zero-order chi connectivity index (χ0) is 11.3. The summed E-state index contributed by atoms with van der Waals surface area (Å²) in [5, 5.41) is 4.48. The van der Waals surface area contributed by atoms with Gasteiger partial charge in [-0.05, 0) is 17.7 Å². The fraction of sp³-hybridized carbons (Fsp3) is 0.417. The maximum atomic E-state index is 5.83. The summed E-state index contributed by atoms with van der Waals surface area (Å²) in [7, 11) is 0. The SMILES string of the molecule is CC(C)(C)/[C]=N\OCc1cccc(Cl)c1. The first kappa shape index (κ1) is 12.1. The van der Waals surface area contributed by atoms with E-state index in [1.54, 1.807) is 0 Å². The molecule has 0 saturated carbocycles. The van der Waals surface area contributed by atoms with Gasteiger partial charge in [-0.25, -0.2) is 0 Å². The van der Waals surface area contributed by atoms with E-state index in [9.17, 15) is 0 Å². The summed E-state index contributed by atoms with van der Waals surface area (Å²) in [4.78, 5) is 5.11. The third-order valence-electron chi connectivity index (χ3n) is 1.57. The van der Waals surface area contributed by atoms with Gasteiger partial charge in [0, 0.05) is 10.4 Å². The molecule has 3 heteroatoms. The minimum atomic E-state index is -0.0751. The minimum absolute atomic E-state index is 0.0751. The first-order valence-corrected chi connectivity index (χ1v) is 5.19. The molecule has 0 amide bonds. The number of halogens is 1. The van der Waals surface area contributed by atoms with Gasteiger partial charge in [-0.3, -0.25) is 0 Å². The maximum absolute atomic E-state index is 5.83. The molecule has 15 heavy (non-hydrogen) atoms. The van der Waals surface area contributed by atoms with Gasteiger partial charge in [-0.2, -0.15) is 0 Å². The molecule has 0 aliphatic rings. The Bertz CT molecular complexity index is 342. The lowest BCUT2D eigenvalue weighted by atomic mass is 10.00. The molecule has 0 spiro atoms. The molecule has 1 radical (unpaired) electrons. The number of hydrogen-bond donors (Lipinski definition) is 0. The van der Waals surface area contributed by atoms with Crippen LogP contribution >= 0.6 is 11.6 Å². The van der Waals surface area contributed by atoms with Crippen LogP contribution in [0.3, 0.4) is 0 Å². The normalized spacial score (nSPS) is 12.0. The molecular weight excluding hydrogens is 210 g/mol. The van der Waals surface area contributed by atoms with Crippen molar-refractivity contribution in [3.8, 4) is 0 Å². The summed E-state index contributed by atoms with van der Waals surface area (Å²) in [5.41, 5.74) is 0.927. The van der Waals surface area contributed by atoms with Gasteiger partial charge in [0.2, 0.25) is 0 Å². The molecule has 0 heterocycles. The molecular formula is C12H15ClNO. The first-order valence-electron chi connectivity index (χ1n) is 4.81. The highest BCUT2D eigenvalue weighted by Gasteiger charge is 2.06. The zero-order valence-corrected chi connectivity index (χ0v) is 10.0. The molecule has 0 aliphatic heterocycles. The van der Waals surface area contributed by atoms with Crippen molar-refractivity contribution in [2.45, 2.75) is 27.4 Å². The van der Waals surface area contributed by atoms with E-state index in [1.807, 2.05) is 45.0 Å². The monoisotopic (exact) mass is 224 g/mol. The Hall–Kier alpha value is -1.02. The summed E-state index contributed by atoms with van der Waals surface area (Å²) in [6.45, 7) is 6.46. The largest absolute Gasteiger partial charge is 0.391 e. The molecule has 0 atom stereocenters. The van der Waals surface area contributed by atoms with E-state index in [0.29, 0.717) is 11.6 Å². The second-order valence-electron chi connectivity index (χ2n) is 4.36. The molecule has 1 aromatic rings. The van der Waals surface area contributed by atoms with Crippen LogP contribution in [-0.4, -0.2) is 6.21 Å². The Morgan fingerprint density at radius 3 is 2.73 bits per heavy atom. The lowest BCUT2D eigenvalue weighted by Crippen LogP contribution is -2.06. The van der Waals surface area contributed by atoms with E-state index in [2.05, 4.69) is 11.4 Å². The fourth-order valence-electron chi connectivity index (χ4n) is 0.903. The van der Waals surface area contributed by atoms with Crippen molar-refractivity contribution >= 4 is 17.8 Å². The fourth-order valence-corrected chi connectivity index (χ4v) is 1.12. The lowest BCUT2D eigenvalue weighted by molar-refractivity contribution is 0.129. The van der Waals surface area contributed by atoms with Gasteiger partial charge in [0.1, 0.15) is 12.8 Å². The van der Waals surface area contributed by atoms with E-state index >= 15 is 0 Å². The van der Waals surface area contributed by atoms with Crippen molar-refractivity contribution in [3.05, 3.63) is 34.9 Å². The van der Waals surface area contributed by atoms with Crippen LogP contribution < -0.4 is 0 Å². The Balaban J connectivity index is 2.42. The molecule has 0 saturated heterocycles. The summed E-state index contributed by atoms with van der Waals surface area (Å²) in [6, 6.07) is 7.51. The smallest absolute Gasteiger partial charge is 0.142 e. The molecule has 1 aromatic carbocycles. The third kappa shape index (κ3) is 5.43. The summed E-state index contributed by atoms with van der Waals surface area (Å²) in [5.74, 6) is 0. The number of rotatable bonds is 3. The van der Waals surface area contributed by atoms with Gasteiger partial charge in [0.25, 0.3) is 0 Å². The molecule has 0 unspecified atom stereocenters. The first-order chi connectivity index (χ1) is 6.97. The summed E-state index contributed by atoms with van der Waals surface area (Å²) < 4.78 is 0. The third-order valence-corrected chi connectivity index (χ3v) is 1.80. The molecule has 2 nitrogen and oxygen atoms in total. The molecule has 0 aliphatic carbocycles. The molecule has 81 valence electrons. The van der Waals surface area contributed by atoms with Gasteiger partial charge in [0.15, 0.2) is 0 Å². The standard InChI is InChI=1S/C12H15ClNO/c1-12(2,3)9-14-15-8-10-5-4-6-11(13)7-10/h4-7H,8H2,1-3H3. The molecule has 0 fully saturated rings. The van der Waals surface area contributed by atoms with Crippen LogP contribution in [0.15, 0.2) is 29.4 Å². The molecule has 0 aromatic heterocycles. The van der Waals surface area contributed by atoms with Crippen molar-refractivity contribution in [2.24, 2.45) is 10.6 Å². The zero-order valence-electron chi connectivity index (χ0n) is 9.25. The Morgan fingerprint density at radius 2 is 2.13 bits per heavy atom. The second kappa shape index (κ2) is 5.17. The average Bonchev–Trinajstić information content (AvgIpc) is 2.11. The number of benzene rings is 1. The minimum Gasteiger partial charge on any atom is -0.391 e. The van der Waals surface area contributed by atoms with Crippen LogP contribution in [0.1, 0.15) is 26.3 Å². The Morgan fingerprint density at radius 1 is 1.40 bits per heavy atom. The van der Waals surface area contributed by atoms with Gasteiger partial charge >= 0.3 is 0 Å². The van der Waals surface area contributed by atoms with Gasteiger partial charge in [-0.15, -0.1) is 0 Å². The van der Waals surface area contributed by atoms with Crippen molar-refractivity contribution in [2.75, 3.05) is 0 Å². The summed E-state index contributed by atoms with van der Waals surface area (Å²) >= 11 is 5.83. The molecule has 0 N–H and O–H groups in total. The van der Waals surface area contributed by atoms with E-state index in [-0.39, 0.29) is 5.41 Å². The highest BCUT2D eigenvalue weighted by Crippen LogP contribution is 2.12. The molecule has 1 rings (SSSR count). The van der Waals surface area contributed by atoms with E-state index in [4.69, 9.17) is 16.4 Å². The maximum Gasteiger partial charge on any atom is 0.142 e. The van der Waals surface area contributed by atoms with Crippen LogP contribution in [0.4, 0.5) is 0 Å². The molecule has 0 bridgehead atoms. The van der Waals surface area contributed by atoms with Crippen molar-refractivity contribution in [1.29, 1.82) is 0 Å². The van der Waals surface area contributed by atoms with Gasteiger partial charge < -0.3 is 4.84 Å². The van der Waals surface area contributed by atoms with E-state index in [1.165, 1.54) is 0 Å². The number of nitrogens with zero attached hydrogens (tertiary/aromatic N) is 1. The van der Waals surface area contributed by atoms with Crippen molar-refractivity contribution < 1.29 is 4.84 Å². The lowest BCUT2D eigenvalue weighted by Gasteiger charge is -2.08. The van der Waals surface area contributed by atoms with Crippen LogP contribution in [0.25, 0.3) is 0 Å². The second-order valence-corrected chi connectivity index (χ2v) is 4.79. The predicted octanol–water partition coefficient (Wildman–Crippen LogP) is 3.77. The number of hydrogen-bond acceptors (Lipinski definition) is 2. The topological polar surface area (TPSA) is 21.6 Å². The van der Waals surface area contributed by atoms with Crippen molar-refractivity contribution in [3.63, 3.8) is 0 Å². The summed E-state index contributed by atoms with van der Waals surface area (Å²) in [6.07, 6.45) is 2.88. The highest BCUT2D eigenvalue weighted by atomic mass is 35.5. The Labute approximate surface area is 95.9 Å². The van der Waals surface area contributed by atoms with Crippen LogP contribution in [0.2, 0.25) is 5.02 Å². The van der Waals surface area contributed by atoms with Crippen molar-refractivity contribution in [1.82, 2.24) is 0 Å². The Kier molecular flexibility index (Phi) is 4.15. The van der Waals surface area contributed by atoms with Crippen LogP contribution in [-0.2, 0) is 11.4 Å². The van der Waals surface area contributed by atoms with E-state index < -0.39 is 0 Å². The predicted molar refractivity (Wildman–Crippen MR) is 63.1 cm³/mol. The van der Waals surface area contributed by atoms with Gasteiger partial charge in [-0.1, -0.05) is 49.7 Å². The van der Waals surface area contributed by atoms with Gasteiger partial charge in [0.05, 0.1) is 0 Å². The van der Waals surface area contributed by atoms with E-state index in [0.717, 1.165) is 5.56 Å². The highest BCUT2D eigenvalue weighted by molar-refractivity contribution is 6.30. The van der Waals surface area contributed by atoms with Crippen LogP contribution in [0, 0.1) is 5.41 Å².